The van der Waals surface area contributed by atoms with Crippen LogP contribution in [0.15, 0.2) is 0 Å². The Bertz CT molecular complexity index is 349. The lowest BCUT2D eigenvalue weighted by Crippen LogP contribution is -2.48. The van der Waals surface area contributed by atoms with Crippen molar-refractivity contribution in [1.82, 2.24) is 5.32 Å². The van der Waals surface area contributed by atoms with Crippen LogP contribution in [0.3, 0.4) is 0 Å². The molecule has 21 heavy (non-hydrogen) atoms. The van der Waals surface area contributed by atoms with Gasteiger partial charge in [-0.05, 0) is 30.6 Å². The van der Waals surface area contributed by atoms with Crippen molar-refractivity contribution in [2.24, 2.45) is 17.3 Å². The second-order valence-corrected chi connectivity index (χ2v) is 8.06. The van der Waals surface area contributed by atoms with Crippen molar-refractivity contribution in [1.29, 1.82) is 0 Å². The van der Waals surface area contributed by atoms with Gasteiger partial charge in [0, 0.05) is 12.3 Å². The van der Waals surface area contributed by atoms with E-state index in [0.29, 0.717) is 12.3 Å². The topological polar surface area (TPSA) is 46.2 Å². The van der Waals surface area contributed by atoms with Gasteiger partial charge in [-0.3, -0.25) is 9.59 Å². The summed E-state index contributed by atoms with van der Waals surface area (Å²) in [4.78, 5) is 24.7. The predicted octanol–water partition coefficient (Wildman–Crippen LogP) is 4.10. The largest absolute Gasteiger partial charge is 0.346 e. The lowest BCUT2D eigenvalue weighted by molar-refractivity contribution is -0.131. The Kier molecular flexibility index (Phi) is 6.89. The molecule has 1 amide bonds. The maximum Gasteiger partial charge on any atom is 0.220 e. The van der Waals surface area contributed by atoms with Crippen LogP contribution in [0.2, 0.25) is 0 Å². The summed E-state index contributed by atoms with van der Waals surface area (Å²) in [6.45, 7) is 10.3. The minimum absolute atomic E-state index is 0.0140. The molecule has 3 nitrogen and oxygen atoms in total. The Morgan fingerprint density at radius 3 is 2.14 bits per heavy atom. The highest BCUT2D eigenvalue weighted by Gasteiger charge is 2.32. The molecule has 122 valence electrons. The minimum atomic E-state index is -0.266. The zero-order valence-corrected chi connectivity index (χ0v) is 14.5. The molecule has 1 N–H and O–H groups in total. The molecule has 3 heteroatoms. The summed E-state index contributed by atoms with van der Waals surface area (Å²) in [6, 6.07) is -0.266. The van der Waals surface area contributed by atoms with Crippen LogP contribution in [0.1, 0.15) is 79.6 Å². The van der Waals surface area contributed by atoms with Crippen LogP contribution in [-0.4, -0.2) is 17.7 Å². The van der Waals surface area contributed by atoms with E-state index in [2.05, 4.69) is 26.1 Å². The van der Waals surface area contributed by atoms with Gasteiger partial charge in [-0.2, -0.15) is 0 Å². The molecule has 1 aliphatic rings. The highest BCUT2D eigenvalue weighted by atomic mass is 16.2. The Balaban J connectivity index is 2.64. The van der Waals surface area contributed by atoms with E-state index < -0.39 is 0 Å². The first-order chi connectivity index (χ1) is 9.70. The monoisotopic (exact) mass is 295 g/mol. The zero-order chi connectivity index (χ0) is 16.0. The van der Waals surface area contributed by atoms with Gasteiger partial charge in [-0.15, -0.1) is 0 Å². The van der Waals surface area contributed by atoms with Crippen molar-refractivity contribution >= 4 is 11.7 Å². The van der Waals surface area contributed by atoms with E-state index in [1.807, 2.05) is 13.8 Å². The highest BCUT2D eigenvalue weighted by molar-refractivity contribution is 5.90. The molecule has 1 saturated carbocycles. The molecule has 0 aromatic carbocycles. The quantitative estimate of drug-likeness (QED) is 0.801. The summed E-state index contributed by atoms with van der Waals surface area (Å²) in [5.41, 5.74) is 0.153. The van der Waals surface area contributed by atoms with Crippen LogP contribution < -0.4 is 5.32 Å². The van der Waals surface area contributed by atoms with Crippen molar-refractivity contribution in [3.63, 3.8) is 0 Å². The first kappa shape index (κ1) is 18.2. The fraction of sp³-hybridized carbons (Fsp3) is 0.889. The summed E-state index contributed by atoms with van der Waals surface area (Å²) in [7, 11) is 0. The van der Waals surface area contributed by atoms with E-state index in [9.17, 15) is 9.59 Å². The smallest absolute Gasteiger partial charge is 0.220 e. The Hall–Kier alpha value is -0.860. The van der Waals surface area contributed by atoms with E-state index in [1.165, 1.54) is 19.3 Å². The number of carbonyl (C=O) groups is 2. The van der Waals surface area contributed by atoms with Crippen molar-refractivity contribution < 1.29 is 9.59 Å². The summed E-state index contributed by atoms with van der Waals surface area (Å²) in [6.07, 6.45) is 7.14. The van der Waals surface area contributed by atoms with Crippen molar-refractivity contribution in [2.75, 3.05) is 0 Å². The van der Waals surface area contributed by atoms with Crippen LogP contribution in [0.25, 0.3) is 0 Å². The summed E-state index contributed by atoms with van der Waals surface area (Å²) >= 11 is 0. The van der Waals surface area contributed by atoms with Crippen LogP contribution in [-0.2, 0) is 9.59 Å². The highest BCUT2D eigenvalue weighted by Crippen LogP contribution is 2.28. The molecule has 1 aliphatic carbocycles. The lowest BCUT2D eigenvalue weighted by Gasteiger charge is -2.31. The Morgan fingerprint density at radius 1 is 1.10 bits per heavy atom. The molecule has 1 atom stereocenters. The second kappa shape index (κ2) is 7.95. The molecule has 0 aliphatic heterocycles. The first-order valence-corrected chi connectivity index (χ1v) is 8.54. The van der Waals surface area contributed by atoms with E-state index in [0.717, 1.165) is 19.3 Å². The van der Waals surface area contributed by atoms with E-state index >= 15 is 0 Å². The Morgan fingerprint density at radius 2 is 1.67 bits per heavy atom. The van der Waals surface area contributed by atoms with Crippen molar-refractivity contribution in [3.05, 3.63) is 0 Å². The zero-order valence-electron chi connectivity index (χ0n) is 14.5. The standard InChI is InChI=1S/C18H33NO2/c1-13(2)17(21)16(14-9-7-6-8-10-14)19-15(20)11-12-18(3,4)5/h13-14,16H,6-12H2,1-5H3,(H,19,20)/t16-/m1/s1. The second-order valence-electron chi connectivity index (χ2n) is 8.06. The van der Waals surface area contributed by atoms with Gasteiger partial charge >= 0.3 is 0 Å². The van der Waals surface area contributed by atoms with Gasteiger partial charge in [0.1, 0.15) is 0 Å². The molecule has 1 fully saturated rings. The van der Waals surface area contributed by atoms with Crippen molar-refractivity contribution in [3.8, 4) is 0 Å². The number of amides is 1. The molecule has 0 bridgehead atoms. The third kappa shape index (κ3) is 6.62. The maximum absolute atomic E-state index is 12.5. The number of hydrogen-bond donors (Lipinski definition) is 1. The molecule has 0 aromatic heterocycles. The molecule has 0 spiro atoms. The summed E-state index contributed by atoms with van der Waals surface area (Å²) in [5, 5.41) is 3.05. The van der Waals surface area contributed by atoms with Crippen LogP contribution in [0, 0.1) is 17.3 Å². The average Bonchev–Trinajstić information content (AvgIpc) is 2.42. The van der Waals surface area contributed by atoms with Gasteiger partial charge in [0.05, 0.1) is 6.04 Å². The van der Waals surface area contributed by atoms with E-state index in [-0.39, 0.29) is 29.1 Å². The Labute approximate surface area is 130 Å². The molecule has 0 unspecified atom stereocenters. The van der Waals surface area contributed by atoms with Gasteiger partial charge in [-0.1, -0.05) is 53.9 Å². The third-order valence-electron chi connectivity index (χ3n) is 4.42. The van der Waals surface area contributed by atoms with E-state index in [4.69, 9.17) is 0 Å². The normalized spacial score (nSPS) is 18.6. The SMILES string of the molecule is CC(C)C(=O)[C@H](NC(=O)CCC(C)(C)C)C1CCCCC1. The molecule has 0 aromatic rings. The number of nitrogens with one attached hydrogen (secondary N) is 1. The molecule has 0 radical (unpaired) electrons. The number of hydrogen-bond acceptors (Lipinski definition) is 2. The predicted molar refractivity (Wildman–Crippen MR) is 87.0 cm³/mol. The summed E-state index contributed by atoms with van der Waals surface area (Å²) < 4.78 is 0. The van der Waals surface area contributed by atoms with Gasteiger partial charge in [0.2, 0.25) is 5.91 Å². The first-order valence-electron chi connectivity index (χ1n) is 8.54. The molecule has 0 heterocycles. The fourth-order valence-corrected chi connectivity index (χ4v) is 2.98. The van der Waals surface area contributed by atoms with Gasteiger partial charge in [0.15, 0.2) is 5.78 Å². The summed E-state index contributed by atoms with van der Waals surface area (Å²) in [5.74, 6) is 0.563. The lowest BCUT2D eigenvalue weighted by atomic mass is 9.80. The molecule has 1 rings (SSSR count). The van der Waals surface area contributed by atoms with Crippen LogP contribution >= 0.6 is 0 Å². The van der Waals surface area contributed by atoms with Gasteiger partial charge < -0.3 is 5.32 Å². The number of carbonyl (C=O) groups excluding carboxylic acids is 2. The molecular formula is C18H33NO2. The van der Waals surface area contributed by atoms with Crippen LogP contribution in [0.5, 0.6) is 0 Å². The maximum atomic E-state index is 12.5. The minimum Gasteiger partial charge on any atom is -0.346 e. The number of rotatable bonds is 6. The number of Topliss-reactive ketones (excluding diaryl/α,β-unsaturated/α-hetero) is 1. The molecular weight excluding hydrogens is 262 g/mol. The van der Waals surface area contributed by atoms with Gasteiger partial charge in [0.25, 0.3) is 0 Å². The van der Waals surface area contributed by atoms with Gasteiger partial charge in [-0.25, -0.2) is 0 Å². The van der Waals surface area contributed by atoms with Crippen LogP contribution in [0.4, 0.5) is 0 Å². The van der Waals surface area contributed by atoms with E-state index in [1.54, 1.807) is 0 Å². The number of ketones is 1. The molecule has 0 saturated heterocycles. The van der Waals surface area contributed by atoms with Crippen molar-refractivity contribution in [2.45, 2.75) is 85.6 Å². The third-order valence-corrected chi connectivity index (χ3v) is 4.42. The average molecular weight is 295 g/mol. The fourth-order valence-electron chi connectivity index (χ4n) is 2.98.